The number of rotatable bonds is 7. The van der Waals surface area contributed by atoms with Gasteiger partial charge >= 0.3 is 0 Å². The van der Waals surface area contributed by atoms with E-state index in [0.29, 0.717) is 21.7 Å². The lowest BCUT2D eigenvalue weighted by atomic mass is 9.63. The predicted octanol–water partition coefficient (Wildman–Crippen LogP) is 7.70. The molecule has 0 amide bonds. The fraction of sp³-hybridized carbons (Fsp3) is 1.00. The van der Waals surface area contributed by atoms with Gasteiger partial charge in [0.25, 0.3) is 0 Å². The molecule has 0 aromatic heterocycles. The van der Waals surface area contributed by atoms with Crippen LogP contribution in [0.4, 0.5) is 0 Å². The molecule has 0 N–H and O–H groups in total. The van der Waals surface area contributed by atoms with Crippen molar-refractivity contribution in [2.45, 2.75) is 94.9 Å². The van der Waals surface area contributed by atoms with Gasteiger partial charge in [-0.2, -0.15) is 0 Å². The highest BCUT2D eigenvalue weighted by atomic mass is 79.9. The van der Waals surface area contributed by atoms with Gasteiger partial charge in [-0.25, -0.2) is 0 Å². The highest BCUT2D eigenvalue weighted by Crippen LogP contribution is 2.46. The molecule has 0 aliphatic rings. The maximum atomic E-state index is 3.78. The van der Waals surface area contributed by atoms with Crippen LogP contribution in [0.1, 0.15) is 94.9 Å². The zero-order chi connectivity index (χ0) is 17.1. The molecule has 1 heteroatoms. The van der Waals surface area contributed by atoms with Crippen LogP contribution in [0.5, 0.6) is 0 Å². The SMILES string of the molecule is CC(C)(C)CCC(C)(C)CC(C)(C)C(CBr)CC(C)(C)C. The van der Waals surface area contributed by atoms with Crippen LogP contribution in [-0.2, 0) is 0 Å². The maximum absolute atomic E-state index is 3.78. The molecular formula is C20H41Br. The van der Waals surface area contributed by atoms with E-state index in [1.807, 2.05) is 0 Å². The lowest BCUT2D eigenvalue weighted by Crippen LogP contribution is -2.34. The molecule has 0 nitrogen and oxygen atoms in total. The van der Waals surface area contributed by atoms with Gasteiger partial charge in [-0.1, -0.05) is 85.2 Å². The van der Waals surface area contributed by atoms with E-state index in [9.17, 15) is 0 Å². The van der Waals surface area contributed by atoms with Gasteiger partial charge in [-0.3, -0.25) is 0 Å². The summed E-state index contributed by atoms with van der Waals surface area (Å²) in [6.07, 6.45) is 5.24. The molecule has 0 aromatic carbocycles. The first-order chi connectivity index (χ1) is 9.08. The Bertz CT molecular complexity index is 299. The number of hydrogen-bond donors (Lipinski definition) is 0. The second-order valence-corrected chi connectivity index (χ2v) is 11.7. The highest BCUT2D eigenvalue weighted by molar-refractivity contribution is 9.09. The standard InChI is InChI=1S/C20H41Br/c1-17(2,3)11-12-19(7,8)15-20(9,10)16(14-21)13-18(4,5)6/h16H,11-15H2,1-10H3. The first-order valence-corrected chi connectivity index (χ1v) is 9.76. The Kier molecular flexibility index (Phi) is 7.54. The van der Waals surface area contributed by atoms with Crippen molar-refractivity contribution in [3.63, 3.8) is 0 Å². The lowest BCUT2D eigenvalue weighted by molar-refractivity contribution is 0.0906. The van der Waals surface area contributed by atoms with Gasteiger partial charge in [-0.15, -0.1) is 0 Å². The Hall–Kier alpha value is 0.480. The average Bonchev–Trinajstić information content (AvgIpc) is 2.19. The fourth-order valence-corrected chi connectivity index (χ4v) is 4.56. The molecule has 128 valence electrons. The van der Waals surface area contributed by atoms with Crippen molar-refractivity contribution in [2.24, 2.45) is 27.6 Å². The van der Waals surface area contributed by atoms with Crippen LogP contribution in [0, 0.1) is 27.6 Å². The van der Waals surface area contributed by atoms with E-state index in [1.54, 1.807) is 0 Å². The maximum Gasteiger partial charge on any atom is 0.00649 e. The zero-order valence-corrected chi connectivity index (χ0v) is 18.1. The minimum atomic E-state index is 0.387. The smallest absolute Gasteiger partial charge is 0.00649 e. The van der Waals surface area contributed by atoms with E-state index in [4.69, 9.17) is 0 Å². The van der Waals surface area contributed by atoms with E-state index in [2.05, 4.69) is 85.2 Å². The van der Waals surface area contributed by atoms with Gasteiger partial charge in [0.1, 0.15) is 0 Å². The van der Waals surface area contributed by atoms with E-state index in [0.717, 1.165) is 11.2 Å². The summed E-state index contributed by atoms with van der Waals surface area (Å²) in [7, 11) is 0. The Morgan fingerprint density at radius 2 is 1.19 bits per heavy atom. The molecular weight excluding hydrogens is 320 g/mol. The van der Waals surface area contributed by atoms with Crippen molar-refractivity contribution in [1.82, 2.24) is 0 Å². The molecule has 0 saturated heterocycles. The summed E-state index contributed by atoms with van der Waals surface area (Å²) >= 11 is 3.78. The molecule has 21 heavy (non-hydrogen) atoms. The Balaban J connectivity index is 4.82. The Labute approximate surface area is 144 Å². The van der Waals surface area contributed by atoms with Crippen LogP contribution in [0.25, 0.3) is 0 Å². The van der Waals surface area contributed by atoms with Crippen LogP contribution in [-0.4, -0.2) is 5.33 Å². The highest BCUT2D eigenvalue weighted by Gasteiger charge is 2.36. The van der Waals surface area contributed by atoms with E-state index in [-0.39, 0.29) is 0 Å². The summed E-state index contributed by atoms with van der Waals surface area (Å²) < 4.78 is 0. The summed E-state index contributed by atoms with van der Waals surface area (Å²) in [5.41, 5.74) is 1.67. The molecule has 0 aromatic rings. The van der Waals surface area contributed by atoms with Gasteiger partial charge in [-0.05, 0) is 53.3 Å². The summed E-state index contributed by atoms with van der Waals surface area (Å²) in [5.74, 6) is 0.742. The molecule has 0 aliphatic heterocycles. The second kappa shape index (κ2) is 7.37. The van der Waals surface area contributed by atoms with E-state index < -0.39 is 0 Å². The van der Waals surface area contributed by atoms with E-state index in [1.165, 1.54) is 25.7 Å². The van der Waals surface area contributed by atoms with Crippen molar-refractivity contribution in [3.8, 4) is 0 Å². The molecule has 0 radical (unpaired) electrons. The van der Waals surface area contributed by atoms with Gasteiger partial charge in [0.2, 0.25) is 0 Å². The predicted molar refractivity (Wildman–Crippen MR) is 102 cm³/mol. The Morgan fingerprint density at radius 1 is 0.714 bits per heavy atom. The minimum absolute atomic E-state index is 0.387. The summed E-state index contributed by atoms with van der Waals surface area (Å²) in [6.45, 7) is 24.0. The van der Waals surface area contributed by atoms with E-state index >= 15 is 0 Å². The summed E-state index contributed by atoms with van der Waals surface area (Å²) in [6, 6.07) is 0. The first-order valence-electron chi connectivity index (χ1n) is 8.64. The first kappa shape index (κ1) is 21.5. The third-order valence-electron chi connectivity index (χ3n) is 4.64. The van der Waals surface area contributed by atoms with Crippen LogP contribution in [0.3, 0.4) is 0 Å². The average molecular weight is 361 g/mol. The number of hydrogen-bond acceptors (Lipinski definition) is 0. The number of alkyl halides is 1. The molecule has 0 spiro atoms. The quantitative estimate of drug-likeness (QED) is 0.407. The molecule has 0 bridgehead atoms. The van der Waals surface area contributed by atoms with Crippen LogP contribution in [0.2, 0.25) is 0 Å². The third-order valence-corrected chi connectivity index (χ3v) is 5.42. The Morgan fingerprint density at radius 3 is 1.52 bits per heavy atom. The normalized spacial score (nSPS) is 16.1. The summed E-state index contributed by atoms with van der Waals surface area (Å²) in [4.78, 5) is 0. The van der Waals surface area contributed by atoms with Crippen LogP contribution < -0.4 is 0 Å². The van der Waals surface area contributed by atoms with Crippen LogP contribution >= 0.6 is 15.9 Å². The van der Waals surface area contributed by atoms with Crippen molar-refractivity contribution in [1.29, 1.82) is 0 Å². The molecule has 0 fully saturated rings. The van der Waals surface area contributed by atoms with Crippen molar-refractivity contribution in [2.75, 3.05) is 5.33 Å². The monoisotopic (exact) mass is 360 g/mol. The third kappa shape index (κ3) is 9.97. The van der Waals surface area contributed by atoms with Gasteiger partial charge < -0.3 is 0 Å². The van der Waals surface area contributed by atoms with Gasteiger partial charge in [0, 0.05) is 5.33 Å². The summed E-state index contributed by atoms with van der Waals surface area (Å²) in [5, 5.41) is 1.12. The molecule has 0 rings (SSSR count). The van der Waals surface area contributed by atoms with Gasteiger partial charge in [0.05, 0.1) is 0 Å². The zero-order valence-electron chi connectivity index (χ0n) is 16.5. The fourth-order valence-electron chi connectivity index (χ4n) is 3.46. The molecule has 0 saturated carbocycles. The molecule has 0 aliphatic carbocycles. The number of halogens is 1. The van der Waals surface area contributed by atoms with Crippen molar-refractivity contribution in [3.05, 3.63) is 0 Å². The topological polar surface area (TPSA) is 0 Å². The minimum Gasteiger partial charge on any atom is -0.0925 e. The lowest BCUT2D eigenvalue weighted by Gasteiger charge is -2.43. The van der Waals surface area contributed by atoms with Crippen molar-refractivity contribution < 1.29 is 0 Å². The molecule has 1 unspecified atom stereocenters. The van der Waals surface area contributed by atoms with Gasteiger partial charge in [0.15, 0.2) is 0 Å². The molecule has 1 atom stereocenters. The largest absolute Gasteiger partial charge is 0.0925 e. The molecule has 0 heterocycles. The second-order valence-electron chi connectivity index (χ2n) is 11.0. The van der Waals surface area contributed by atoms with Crippen molar-refractivity contribution >= 4 is 15.9 Å². The van der Waals surface area contributed by atoms with Crippen LogP contribution in [0.15, 0.2) is 0 Å².